The number of hydrogen-bond donors (Lipinski definition) is 0. The number of aromatic nitrogens is 4. The molecule has 0 amide bonds. The predicted molar refractivity (Wildman–Crippen MR) is 69.7 cm³/mol. The molecular formula is C12H13F3N4OS. The summed E-state index contributed by atoms with van der Waals surface area (Å²) in [6, 6.07) is 0.832. The zero-order valence-corrected chi connectivity index (χ0v) is 12.4. The van der Waals surface area contributed by atoms with Gasteiger partial charge in [-0.1, -0.05) is 30.8 Å². The molecule has 0 fully saturated rings. The first-order chi connectivity index (χ1) is 9.77. The average Bonchev–Trinajstić information content (AvgIpc) is 2.88. The number of halogens is 3. The standard InChI is InChI=1S/C12H13F3N4OS/c1-6(2)9-18-10(20-19-9)7(3)21-11-16-5-4-8(17-11)12(13,14)15/h4-7H,1-3H3. The van der Waals surface area contributed by atoms with Crippen LogP contribution in [0, 0.1) is 0 Å². The summed E-state index contributed by atoms with van der Waals surface area (Å²) in [6.45, 7) is 5.58. The SMILES string of the molecule is CC(C)c1noc(C(C)Sc2nccc(C(F)(F)F)n2)n1. The lowest BCUT2D eigenvalue weighted by Gasteiger charge is -2.08. The van der Waals surface area contributed by atoms with E-state index >= 15 is 0 Å². The van der Waals surface area contributed by atoms with Gasteiger partial charge in [0.15, 0.2) is 11.0 Å². The van der Waals surface area contributed by atoms with Gasteiger partial charge in [-0.3, -0.25) is 0 Å². The van der Waals surface area contributed by atoms with Crippen molar-refractivity contribution in [1.29, 1.82) is 0 Å². The topological polar surface area (TPSA) is 64.7 Å². The Kier molecular flexibility index (Phi) is 4.50. The third-order valence-corrected chi connectivity index (χ3v) is 3.49. The highest BCUT2D eigenvalue weighted by molar-refractivity contribution is 7.99. The third-order valence-electron chi connectivity index (χ3n) is 2.53. The van der Waals surface area contributed by atoms with Crippen LogP contribution in [0.4, 0.5) is 13.2 Å². The molecule has 0 N–H and O–H groups in total. The molecule has 9 heteroatoms. The minimum Gasteiger partial charge on any atom is -0.338 e. The maximum absolute atomic E-state index is 12.6. The fourth-order valence-corrected chi connectivity index (χ4v) is 2.20. The zero-order valence-electron chi connectivity index (χ0n) is 11.5. The molecule has 0 bridgehead atoms. The Morgan fingerprint density at radius 2 is 1.90 bits per heavy atom. The molecule has 2 rings (SSSR count). The summed E-state index contributed by atoms with van der Waals surface area (Å²) in [5.74, 6) is 1.01. The molecule has 1 unspecified atom stereocenters. The summed E-state index contributed by atoms with van der Waals surface area (Å²) in [5.41, 5.74) is -0.972. The molecule has 0 aliphatic rings. The lowest BCUT2D eigenvalue weighted by Crippen LogP contribution is -2.09. The molecule has 0 saturated carbocycles. The van der Waals surface area contributed by atoms with Crippen LogP contribution in [0.5, 0.6) is 0 Å². The van der Waals surface area contributed by atoms with Crippen LogP contribution in [-0.4, -0.2) is 20.1 Å². The van der Waals surface area contributed by atoms with Crippen LogP contribution >= 0.6 is 11.8 Å². The van der Waals surface area contributed by atoms with E-state index in [0.29, 0.717) is 11.7 Å². The Bertz CT molecular complexity index is 615. The van der Waals surface area contributed by atoms with E-state index in [4.69, 9.17) is 4.52 Å². The lowest BCUT2D eigenvalue weighted by atomic mass is 10.2. The van der Waals surface area contributed by atoms with Crippen molar-refractivity contribution in [3.05, 3.63) is 29.7 Å². The molecule has 0 saturated heterocycles. The monoisotopic (exact) mass is 318 g/mol. The minimum atomic E-state index is -4.49. The van der Waals surface area contributed by atoms with E-state index in [0.717, 1.165) is 24.0 Å². The molecule has 2 heterocycles. The Hall–Kier alpha value is -1.64. The molecule has 0 spiro atoms. The fraction of sp³-hybridized carbons (Fsp3) is 0.500. The molecule has 21 heavy (non-hydrogen) atoms. The Morgan fingerprint density at radius 3 is 2.48 bits per heavy atom. The van der Waals surface area contributed by atoms with Crippen molar-refractivity contribution < 1.29 is 17.7 Å². The van der Waals surface area contributed by atoms with Gasteiger partial charge in [0.1, 0.15) is 5.69 Å². The molecule has 114 valence electrons. The Morgan fingerprint density at radius 1 is 1.19 bits per heavy atom. The van der Waals surface area contributed by atoms with Gasteiger partial charge < -0.3 is 4.52 Å². The second-order valence-electron chi connectivity index (χ2n) is 4.63. The first-order valence-electron chi connectivity index (χ1n) is 6.17. The van der Waals surface area contributed by atoms with E-state index in [1.165, 1.54) is 0 Å². The highest BCUT2D eigenvalue weighted by Crippen LogP contribution is 2.34. The van der Waals surface area contributed by atoms with Gasteiger partial charge in [0, 0.05) is 12.1 Å². The molecule has 0 aromatic carbocycles. The average molecular weight is 318 g/mol. The van der Waals surface area contributed by atoms with Gasteiger partial charge in [0.05, 0.1) is 5.25 Å². The number of thioether (sulfide) groups is 1. The summed E-state index contributed by atoms with van der Waals surface area (Å²) in [6.07, 6.45) is -3.41. The van der Waals surface area contributed by atoms with Gasteiger partial charge >= 0.3 is 6.18 Å². The van der Waals surface area contributed by atoms with Crippen LogP contribution in [0.15, 0.2) is 21.9 Å². The largest absolute Gasteiger partial charge is 0.433 e. The molecule has 1 atom stereocenters. The van der Waals surface area contributed by atoms with Crippen LogP contribution in [0.3, 0.4) is 0 Å². The van der Waals surface area contributed by atoms with Gasteiger partial charge in [-0.2, -0.15) is 18.2 Å². The summed E-state index contributed by atoms with van der Waals surface area (Å²) >= 11 is 1.03. The molecule has 5 nitrogen and oxygen atoms in total. The zero-order chi connectivity index (χ0) is 15.6. The van der Waals surface area contributed by atoms with Crippen molar-refractivity contribution in [2.75, 3.05) is 0 Å². The van der Waals surface area contributed by atoms with Gasteiger partial charge in [-0.15, -0.1) is 0 Å². The quantitative estimate of drug-likeness (QED) is 0.630. The molecule has 2 aromatic rings. The molecular weight excluding hydrogens is 305 g/mol. The maximum Gasteiger partial charge on any atom is 0.433 e. The fourth-order valence-electron chi connectivity index (χ4n) is 1.41. The Labute approximate surface area is 123 Å². The van der Waals surface area contributed by atoms with Crippen LogP contribution in [-0.2, 0) is 6.18 Å². The molecule has 2 aromatic heterocycles. The third kappa shape index (κ3) is 3.93. The van der Waals surface area contributed by atoms with E-state index in [1.54, 1.807) is 6.92 Å². The van der Waals surface area contributed by atoms with Crippen LogP contribution in [0.1, 0.15) is 49.3 Å². The van der Waals surface area contributed by atoms with E-state index in [-0.39, 0.29) is 16.3 Å². The number of alkyl halides is 3. The highest BCUT2D eigenvalue weighted by Gasteiger charge is 2.33. The van der Waals surface area contributed by atoms with Crippen LogP contribution < -0.4 is 0 Å². The first-order valence-corrected chi connectivity index (χ1v) is 7.05. The van der Waals surface area contributed by atoms with Crippen molar-refractivity contribution in [3.8, 4) is 0 Å². The summed E-state index contributed by atoms with van der Waals surface area (Å²) in [7, 11) is 0. The lowest BCUT2D eigenvalue weighted by molar-refractivity contribution is -0.141. The summed E-state index contributed by atoms with van der Waals surface area (Å²) < 4.78 is 42.8. The van der Waals surface area contributed by atoms with Gasteiger partial charge in [0.2, 0.25) is 5.89 Å². The van der Waals surface area contributed by atoms with Crippen molar-refractivity contribution in [2.45, 2.75) is 43.3 Å². The predicted octanol–water partition coefficient (Wildman–Crippen LogP) is 3.86. The number of hydrogen-bond acceptors (Lipinski definition) is 6. The van der Waals surface area contributed by atoms with Crippen LogP contribution in [0.25, 0.3) is 0 Å². The Balaban J connectivity index is 2.13. The van der Waals surface area contributed by atoms with Crippen molar-refractivity contribution in [3.63, 3.8) is 0 Å². The van der Waals surface area contributed by atoms with E-state index in [9.17, 15) is 13.2 Å². The number of nitrogens with zero attached hydrogens (tertiary/aromatic N) is 4. The summed E-state index contributed by atoms with van der Waals surface area (Å²) in [4.78, 5) is 11.5. The number of rotatable bonds is 4. The van der Waals surface area contributed by atoms with E-state index in [2.05, 4.69) is 20.1 Å². The first kappa shape index (κ1) is 15.7. The molecule has 0 radical (unpaired) electrons. The van der Waals surface area contributed by atoms with E-state index < -0.39 is 11.9 Å². The second-order valence-corrected chi connectivity index (χ2v) is 5.94. The second kappa shape index (κ2) is 6.00. The van der Waals surface area contributed by atoms with Crippen LogP contribution in [0.2, 0.25) is 0 Å². The van der Waals surface area contributed by atoms with Gasteiger partial charge in [-0.25, -0.2) is 9.97 Å². The van der Waals surface area contributed by atoms with E-state index in [1.807, 2.05) is 13.8 Å². The smallest absolute Gasteiger partial charge is 0.338 e. The van der Waals surface area contributed by atoms with Crippen molar-refractivity contribution in [1.82, 2.24) is 20.1 Å². The molecule has 0 aliphatic heterocycles. The van der Waals surface area contributed by atoms with Crippen molar-refractivity contribution >= 4 is 11.8 Å². The van der Waals surface area contributed by atoms with Gasteiger partial charge in [-0.05, 0) is 13.0 Å². The maximum atomic E-state index is 12.6. The highest BCUT2D eigenvalue weighted by atomic mass is 32.2. The molecule has 0 aliphatic carbocycles. The van der Waals surface area contributed by atoms with Crippen molar-refractivity contribution in [2.24, 2.45) is 0 Å². The minimum absolute atomic E-state index is 0.0154. The van der Waals surface area contributed by atoms with Gasteiger partial charge in [0.25, 0.3) is 0 Å². The summed E-state index contributed by atoms with van der Waals surface area (Å²) in [5, 5.41) is 3.49. The normalized spacial score (nSPS) is 13.7.